The number of morpholine rings is 1. The normalized spacial score (nSPS) is 23.1. The quantitative estimate of drug-likeness (QED) is 0.844. The third-order valence-electron chi connectivity index (χ3n) is 3.63. The standard InChI is InChI=1S/C14H17BrN4O/c1-14(11-7-17-18(2)9-11)10-19(5-6-20-14)13-4-3-12(15)8-16-13/h3-4,7-9H,5-6,10H2,1-2H3. The molecule has 0 bridgehead atoms. The number of pyridine rings is 1. The molecule has 1 aliphatic heterocycles. The predicted molar refractivity (Wildman–Crippen MR) is 80.7 cm³/mol. The van der Waals surface area contributed by atoms with Gasteiger partial charge in [-0.2, -0.15) is 5.10 Å². The van der Waals surface area contributed by atoms with Crippen molar-refractivity contribution in [3.05, 3.63) is 40.8 Å². The molecule has 3 rings (SSSR count). The van der Waals surface area contributed by atoms with E-state index < -0.39 is 0 Å². The van der Waals surface area contributed by atoms with Gasteiger partial charge in [-0.1, -0.05) is 0 Å². The molecule has 0 saturated carbocycles. The molecule has 106 valence electrons. The minimum atomic E-state index is -0.346. The van der Waals surface area contributed by atoms with Gasteiger partial charge in [0.1, 0.15) is 11.4 Å². The first-order chi connectivity index (χ1) is 9.57. The largest absolute Gasteiger partial charge is 0.367 e. The van der Waals surface area contributed by atoms with E-state index >= 15 is 0 Å². The zero-order valence-electron chi connectivity index (χ0n) is 11.6. The molecule has 1 saturated heterocycles. The predicted octanol–water partition coefficient (Wildman–Crippen LogP) is 2.33. The molecule has 3 heterocycles. The van der Waals surface area contributed by atoms with Crippen LogP contribution in [0.15, 0.2) is 35.2 Å². The molecule has 2 aromatic rings. The fraction of sp³-hybridized carbons (Fsp3) is 0.429. The van der Waals surface area contributed by atoms with Crippen LogP contribution in [0.25, 0.3) is 0 Å². The third-order valence-corrected chi connectivity index (χ3v) is 4.09. The molecule has 0 aliphatic carbocycles. The Morgan fingerprint density at radius 2 is 2.20 bits per heavy atom. The number of nitrogens with zero attached hydrogens (tertiary/aromatic N) is 4. The van der Waals surface area contributed by atoms with Crippen molar-refractivity contribution in [2.45, 2.75) is 12.5 Å². The van der Waals surface area contributed by atoms with E-state index in [9.17, 15) is 0 Å². The van der Waals surface area contributed by atoms with Gasteiger partial charge < -0.3 is 9.64 Å². The number of aromatic nitrogens is 3. The second kappa shape index (κ2) is 5.18. The maximum Gasteiger partial charge on any atom is 0.128 e. The monoisotopic (exact) mass is 336 g/mol. The first kappa shape index (κ1) is 13.6. The Kier molecular flexibility index (Phi) is 3.52. The van der Waals surface area contributed by atoms with Gasteiger partial charge in [0.25, 0.3) is 0 Å². The zero-order chi connectivity index (χ0) is 14.2. The molecular weight excluding hydrogens is 320 g/mol. The van der Waals surface area contributed by atoms with Crippen molar-refractivity contribution in [1.82, 2.24) is 14.8 Å². The number of aryl methyl sites for hydroxylation is 1. The highest BCUT2D eigenvalue weighted by Gasteiger charge is 2.35. The summed E-state index contributed by atoms with van der Waals surface area (Å²) in [7, 11) is 1.92. The molecule has 1 aliphatic rings. The van der Waals surface area contributed by atoms with E-state index in [0.717, 1.165) is 28.9 Å². The first-order valence-corrected chi connectivity index (χ1v) is 7.36. The van der Waals surface area contributed by atoms with Crippen molar-refractivity contribution in [2.75, 3.05) is 24.6 Å². The summed E-state index contributed by atoms with van der Waals surface area (Å²) >= 11 is 3.41. The second-order valence-corrected chi connectivity index (χ2v) is 6.15. The summed E-state index contributed by atoms with van der Waals surface area (Å²) in [6.07, 6.45) is 5.71. The zero-order valence-corrected chi connectivity index (χ0v) is 13.2. The summed E-state index contributed by atoms with van der Waals surface area (Å²) in [5.74, 6) is 0.978. The van der Waals surface area contributed by atoms with Gasteiger partial charge in [0.2, 0.25) is 0 Å². The van der Waals surface area contributed by atoms with Crippen molar-refractivity contribution in [1.29, 1.82) is 0 Å². The van der Waals surface area contributed by atoms with E-state index in [0.29, 0.717) is 6.61 Å². The van der Waals surface area contributed by atoms with Crippen LogP contribution >= 0.6 is 15.9 Å². The molecule has 20 heavy (non-hydrogen) atoms. The van der Waals surface area contributed by atoms with Crippen LogP contribution in [-0.4, -0.2) is 34.5 Å². The lowest BCUT2D eigenvalue weighted by Gasteiger charge is -2.40. The molecular formula is C14H17BrN4O. The summed E-state index contributed by atoms with van der Waals surface area (Å²) in [5, 5.41) is 4.24. The molecule has 0 radical (unpaired) electrons. The molecule has 1 unspecified atom stereocenters. The highest BCUT2D eigenvalue weighted by Crippen LogP contribution is 2.31. The van der Waals surface area contributed by atoms with Gasteiger partial charge >= 0.3 is 0 Å². The smallest absolute Gasteiger partial charge is 0.128 e. The molecule has 6 heteroatoms. The number of hydrogen-bond donors (Lipinski definition) is 0. The van der Waals surface area contributed by atoms with E-state index in [1.54, 1.807) is 4.68 Å². The van der Waals surface area contributed by atoms with Crippen LogP contribution in [0, 0.1) is 0 Å². The molecule has 5 nitrogen and oxygen atoms in total. The Labute approximate surface area is 126 Å². The number of halogens is 1. The van der Waals surface area contributed by atoms with Crippen LogP contribution in [0.2, 0.25) is 0 Å². The third kappa shape index (κ3) is 2.58. The average molecular weight is 337 g/mol. The summed E-state index contributed by atoms with van der Waals surface area (Å²) in [6, 6.07) is 4.04. The summed E-state index contributed by atoms with van der Waals surface area (Å²) < 4.78 is 8.80. The molecule has 1 atom stereocenters. The first-order valence-electron chi connectivity index (χ1n) is 6.56. The number of anilines is 1. The lowest BCUT2D eigenvalue weighted by atomic mass is 9.97. The summed E-state index contributed by atoms with van der Waals surface area (Å²) in [5.41, 5.74) is 0.753. The highest BCUT2D eigenvalue weighted by atomic mass is 79.9. The Morgan fingerprint density at radius 1 is 1.35 bits per heavy atom. The van der Waals surface area contributed by atoms with E-state index in [2.05, 4.69) is 37.8 Å². The molecule has 2 aromatic heterocycles. The van der Waals surface area contributed by atoms with Crippen LogP contribution in [0.4, 0.5) is 5.82 Å². The van der Waals surface area contributed by atoms with Gasteiger partial charge in [0.15, 0.2) is 0 Å². The molecule has 0 aromatic carbocycles. The van der Waals surface area contributed by atoms with Gasteiger partial charge in [-0.15, -0.1) is 0 Å². The number of hydrogen-bond acceptors (Lipinski definition) is 4. The Morgan fingerprint density at radius 3 is 2.85 bits per heavy atom. The van der Waals surface area contributed by atoms with Gasteiger partial charge in [0.05, 0.1) is 19.3 Å². The van der Waals surface area contributed by atoms with Crippen LogP contribution in [0.3, 0.4) is 0 Å². The lowest BCUT2D eigenvalue weighted by molar-refractivity contribution is -0.0468. The summed E-state index contributed by atoms with van der Waals surface area (Å²) in [6.45, 7) is 4.41. The maximum atomic E-state index is 6.01. The van der Waals surface area contributed by atoms with E-state index in [1.807, 2.05) is 37.8 Å². The van der Waals surface area contributed by atoms with E-state index in [4.69, 9.17) is 4.74 Å². The van der Waals surface area contributed by atoms with Gasteiger partial charge in [-0.05, 0) is 35.0 Å². The maximum absolute atomic E-state index is 6.01. The van der Waals surface area contributed by atoms with Crippen LogP contribution in [0.1, 0.15) is 12.5 Å². The molecule has 1 fully saturated rings. The number of rotatable bonds is 2. The Balaban J connectivity index is 1.84. The fourth-order valence-corrected chi connectivity index (χ4v) is 2.72. The Hall–Kier alpha value is -1.40. The lowest BCUT2D eigenvalue weighted by Crippen LogP contribution is -2.48. The van der Waals surface area contributed by atoms with Crippen molar-refractivity contribution >= 4 is 21.7 Å². The van der Waals surface area contributed by atoms with Gasteiger partial charge in [0, 0.05) is 36.0 Å². The Bertz CT molecular complexity index is 597. The minimum absolute atomic E-state index is 0.346. The van der Waals surface area contributed by atoms with E-state index in [1.165, 1.54) is 0 Å². The average Bonchev–Trinajstić information content (AvgIpc) is 2.87. The SMILES string of the molecule is Cn1cc(C2(C)CN(c3ccc(Br)cn3)CCO2)cn1. The topological polar surface area (TPSA) is 43.2 Å². The highest BCUT2D eigenvalue weighted by molar-refractivity contribution is 9.10. The second-order valence-electron chi connectivity index (χ2n) is 5.24. The van der Waals surface area contributed by atoms with Crippen LogP contribution < -0.4 is 4.90 Å². The fourth-order valence-electron chi connectivity index (χ4n) is 2.49. The van der Waals surface area contributed by atoms with Crippen LogP contribution in [-0.2, 0) is 17.4 Å². The summed E-state index contributed by atoms with van der Waals surface area (Å²) in [4.78, 5) is 6.72. The van der Waals surface area contributed by atoms with Crippen molar-refractivity contribution in [2.24, 2.45) is 7.05 Å². The van der Waals surface area contributed by atoms with Gasteiger partial charge in [-0.25, -0.2) is 4.98 Å². The number of ether oxygens (including phenoxy) is 1. The minimum Gasteiger partial charge on any atom is -0.367 e. The van der Waals surface area contributed by atoms with Gasteiger partial charge in [-0.3, -0.25) is 4.68 Å². The van der Waals surface area contributed by atoms with Crippen molar-refractivity contribution < 1.29 is 4.74 Å². The van der Waals surface area contributed by atoms with Crippen LogP contribution in [0.5, 0.6) is 0 Å². The van der Waals surface area contributed by atoms with Crippen molar-refractivity contribution in [3.63, 3.8) is 0 Å². The molecule has 0 N–H and O–H groups in total. The van der Waals surface area contributed by atoms with E-state index in [-0.39, 0.29) is 5.60 Å². The van der Waals surface area contributed by atoms with Crippen molar-refractivity contribution in [3.8, 4) is 0 Å². The molecule has 0 spiro atoms. The molecule has 0 amide bonds.